The Morgan fingerprint density at radius 1 is 1.03 bits per heavy atom. The van der Waals surface area contributed by atoms with Gasteiger partial charge in [-0.25, -0.2) is 4.98 Å². The van der Waals surface area contributed by atoms with Crippen LogP contribution in [0.5, 0.6) is 11.5 Å². The number of unbranched alkanes of at least 4 members (excludes halogenated alkanes) is 2. The molecule has 0 bridgehead atoms. The van der Waals surface area contributed by atoms with E-state index in [0.717, 1.165) is 47.5 Å². The van der Waals surface area contributed by atoms with Crippen molar-refractivity contribution in [3.63, 3.8) is 0 Å². The van der Waals surface area contributed by atoms with E-state index in [2.05, 4.69) is 11.8 Å². The smallest absolute Gasteiger partial charge is 0.260 e. The third-order valence-corrected chi connectivity index (χ3v) is 5.99. The van der Waals surface area contributed by atoms with Crippen molar-refractivity contribution in [2.75, 3.05) is 45.8 Å². The fourth-order valence-electron chi connectivity index (χ4n) is 3.11. The maximum atomic E-state index is 13.4. The van der Waals surface area contributed by atoms with Gasteiger partial charge in [-0.2, -0.15) is 0 Å². The first-order chi connectivity index (χ1) is 15.0. The Morgan fingerprint density at radius 3 is 2.45 bits per heavy atom. The van der Waals surface area contributed by atoms with Crippen LogP contribution in [0.4, 0.5) is 5.13 Å². The fourth-order valence-corrected chi connectivity index (χ4v) is 4.13. The molecule has 0 spiro atoms. The van der Waals surface area contributed by atoms with Crippen LogP contribution < -0.4 is 14.4 Å². The molecule has 31 heavy (non-hydrogen) atoms. The van der Waals surface area contributed by atoms with Crippen molar-refractivity contribution in [2.45, 2.75) is 26.2 Å². The van der Waals surface area contributed by atoms with Crippen LogP contribution in [-0.2, 0) is 0 Å². The first-order valence-electron chi connectivity index (χ1n) is 10.7. The number of carbonyl (C=O) groups is 1. The number of rotatable bonds is 11. The van der Waals surface area contributed by atoms with Gasteiger partial charge in [-0.3, -0.25) is 9.69 Å². The molecule has 0 aliphatic carbocycles. The van der Waals surface area contributed by atoms with E-state index in [9.17, 15) is 4.79 Å². The molecule has 166 valence electrons. The first-order valence-corrected chi connectivity index (χ1v) is 11.5. The van der Waals surface area contributed by atoms with Gasteiger partial charge in [0.15, 0.2) is 5.13 Å². The monoisotopic (exact) mass is 441 g/mol. The highest BCUT2D eigenvalue weighted by Gasteiger charge is 2.21. The maximum absolute atomic E-state index is 13.4. The molecular weight excluding hydrogens is 410 g/mol. The third-order valence-electron chi connectivity index (χ3n) is 4.95. The summed E-state index contributed by atoms with van der Waals surface area (Å²) in [6, 6.07) is 13.2. The van der Waals surface area contributed by atoms with Crippen LogP contribution in [0.2, 0.25) is 0 Å². The molecule has 0 radical (unpaired) electrons. The lowest BCUT2D eigenvalue weighted by atomic mass is 10.2. The standard InChI is InChI=1S/C24H31N3O3S/c1-5-6-7-16-30-19-10-8-18(9-11-19)23(28)27(15-14-26(2)3)24-25-21-13-12-20(29-4)17-22(21)31-24/h8-13,17H,5-7,14-16H2,1-4H3. The number of aromatic nitrogens is 1. The van der Waals surface area contributed by atoms with E-state index in [-0.39, 0.29) is 5.91 Å². The van der Waals surface area contributed by atoms with Gasteiger partial charge in [-0.15, -0.1) is 0 Å². The van der Waals surface area contributed by atoms with Crippen molar-refractivity contribution in [1.29, 1.82) is 0 Å². The van der Waals surface area contributed by atoms with Crippen LogP contribution >= 0.6 is 11.3 Å². The zero-order valence-corrected chi connectivity index (χ0v) is 19.6. The number of carbonyl (C=O) groups excluding carboxylic acids is 1. The van der Waals surface area contributed by atoms with Gasteiger partial charge in [0, 0.05) is 18.7 Å². The number of amides is 1. The highest BCUT2D eigenvalue weighted by atomic mass is 32.1. The van der Waals surface area contributed by atoms with Crippen molar-refractivity contribution in [3.8, 4) is 11.5 Å². The Kier molecular flexibility index (Phi) is 8.26. The van der Waals surface area contributed by atoms with Crippen LogP contribution in [-0.4, -0.2) is 56.7 Å². The normalized spacial score (nSPS) is 11.1. The van der Waals surface area contributed by atoms with E-state index in [0.29, 0.717) is 23.8 Å². The zero-order valence-electron chi connectivity index (χ0n) is 18.8. The Labute approximate surface area is 188 Å². The molecule has 1 aromatic heterocycles. The highest BCUT2D eigenvalue weighted by molar-refractivity contribution is 7.22. The number of nitrogens with zero attached hydrogens (tertiary/aromatic N) is 3. The highest BCUT2D eigenvalue weighted by Crippen LogP contribution is 2.32. The summed E-state index contributed by atoms with van der Waals surface area (Å²) in [7, 11) is 5.64. The molecule has 0 saturated carbocycles. The summed E-state index contributed by atoms with van der Waals surface area (Å²) in [5.41, 5.74) is 1.48. The van der Waals surface area contributed by atoms with Gasteiger partial charge < -0.3 is 14.4 Å². The molecule has 7 heteroatoms. The van der Waals surface area contributed by atoms with E-state index in [1.807, 2.05) is 56.6 Å². The second-order valence-electron chi connectivity index (χ2n) is 7.67. The van der Waals surface area contributed by atoms with Crippen molar-refractivity contribution >= 4 is 32.6 Å². The molecule has 6 nitrogen and oxygen atoms in total. The third kappa shape index (κ3) is 6.18. The number of fused-ring (bicyclic) bond motifs is 1. The molecule has 2 aromatic carbocycles. The Hall–Kier alpha value is -2.64. The fraction of sp³-hybridized carbons (Fsp3) is 0.417. The Morgan fingerprint density at radius 2 is 1.77 bits per heavy atom. The summed E-state index contributed by atoms with van der Waals surface area (Å²) in [6.07, 6.45) is 3.36. The average molecular weight is 442 g/mol. The predicted octanol–water partition coefficient (Wildman–Crippen LogP) is 5.08. The number of likely N-dealkylation sites (N-methyl/N-ethyl adjacent to an activating group) is 1. The number of thiazole rings is 1. The Balaban J connectivity index is 1.80. The molecule has 0 atom stereocenters. The number of benzene rings is 2. The lowest BCUT2D eigenvalue weighted by Gasteiger charge is -2.22. The summed E-state index contributed by atoms with van der Waals surface area (Å²) >= 11 is 1.50. The zero-order chi connectivity index (χ0) is 22.2. The minimum Gasteiger partial charge on any atom is -0.497 e. The van der Waals surface area contributed by atoms with Gasteiger partial charge in [-0.1, -0.05) is 31.1 Å². The first kappa shape index (κ1) is 23.0. The van der Waals surface area contributed by atoms with Crippen molar-refractivity contribution in [3.05, 3.63) is 48.0 Å². The van der Waals surface area contributed by atoms with E-state index >= 15 is 0 Å². The maximum Gasteiger partial charge on any atom is 0.260 e. The lowest BCUT2D eigenvalue weighted by molar-refractivity contribution is 0.0985. The molecule has 0 N–H and O–H groups in total. The number of hydrogen-bond donors (Lipinski definition) is 0. The second-order valence-corrected chi connectivity index (χ2v) is 8.68. The van der Waals surface area contributed by atoms with Crippen LogP contribution in [0.15, 0.2) is 42.5 Å². The van der Waals surface area contributed by atoms with Gasteiger partial charge in [0.2, 0.25) is 0 Å². The van der Waals surface area contributed by atoms with Crippen LogP contribution in [0.3, 0.4) is 0 Å². The summed E-state index contributed by atoms with van der Waals surface area (Å²) in [6.45, 7) is 4.16. The minimum atomic E-state index is -0.0644. The molecule has 1 heterocycles. The SMILES string of the molecule is CCCCCOc1ccc(C(=O)N(CCN(C)C)c2nc3ccc(OC)cc3s2)cc1. The number of hydrogen-bond acceptors (Lipinski definition) is 6. The summed E-state index contributed by atoms with van der Waals surface area (Å²) < 4.78 is 12.1. The van der Waals surface area contributed by atoms with Gasteiger partial charge in [0.05, 0.1) is 23.9 Å². The molecule has 1 amide bonds. The minimum absolute atomic E-state index is 0.0644. The van der Waals surface area contributed by atoms with Crippen LogP contribution in [0.25, 0.3) is 10.2 Å². The van der Waals surface area contributed by atoms with E-state index in [4.69, 9.17) is 14.5 Å². The topological polar surface area (TPSA) is 54.9 Å². The van der Waals surface area contributed by atoms with Crippen molar-refractivity contribution in [2.24, 2.45) is 0 Å². The molecule has 0 fully saturated rings. The quantitative estimate of drug-likeness (QED) is 0.388. The van der Waals surface area contributed by atoms with Gasteiger partial charge in [0.25, 0.3) is 5.91 Å². The number of methoxy groups -OCH3 is 1. The average Bonchev–Trinajstić information content (AvgIpc) is 3.19. The van der Waals surface area contributed by atoms with Crippen LogP contribution in [0, 0.1) is 0 Å². The number of anilines is 1. The lowest BCUT2D eigenvalue weighted by Crippen LogP contribution is -2.36. The van der Waals surface area contributed by atoms with Crippen molar-refractivity contribution < 1.29 is 14.3 Å². The molecule has 0 aliphatic heterocycles. The Bertz CT molecular complexity index is 985. The summed E-state index contributed by atoms with van der Waals surface area (Å²) in [5, 5.41) is 0.690. The molecule has 3 rings (SSSR count). The second kappa shape index (κ2) is 11.1. The van der Waals surface area contributed by atoms with Crippen LogP contribution in [0.1, 0.15) is 36.5 Å². The van der Waals surface area contributed by atoms with E-state index < -0.39 is 0 Å². The largest absolute Gasteiger partial charge is 0.497 e. The summed E-state index contributed by atoms with van der Waals surface area (Å²) in [5.74, 6) is 1.51. The van der Waals surface area contributed by atoms with Gasteiger partial charge in [0.1, 0.15) is 11.5 Å². The molecule has 0 aliphatic rings. The van der Waals surface area contributed by atoms with E-state index in [1.54, 1.807) is 12.0 Å². The van der Waals surface area contributed by atoms with E-state index in [1.165, 1.54) is 11.3 Å². The van der Waals surface area contributed by atoms with Crippen molar-refractivity contribution in [1.82, 2.24) is 9.88 Å². The van der Waals surface area contributed by atoms with Gasteiger partial charge in [-0.05, 0) is 63.0 Å². The van der Waals surface area contributed by atoms with Gasteiger partial charge >= 0.3 is 0 Å². The predicted molar refractivity (Wildman–Crippen MR) is 128 cm³/mol. The molecular formula is C24H31N3O3S. The molecule has 0 unspecified atom stereocenters. The summed E-state index contributed by atoms with van der Waals surface area (Å²) in [4.78, 5) is 21.9. The number of ether oxygens (including phenoxy) is 2. The molecule has 3 aromatic rings. The molecule has 0 saturated heterocycles.